The zero-order valence-electron chi connectivity index (χ0n) is 18.6. The van der Waals surface area contributed by atoms with Crippen molar-refractivity contribution in [1.82, 2.24) is 0 Å². The number of anilines is 2. The van der Waals surface area contributed by atoms with Crippen LogP contribution in [0.2, 0.25) is 0 Å². The molecule has 0 atom stereocenters. The van der Waals surface area contributed by atoms with E-state index in [9.17, 15) is 14.4 Å². The Bertz CT molecular complexity index is 1260. The number of hydrogen-bond donors (Lipinski definition) is 1. The van der Waals surface area contributed by atoms with Crippen LogP contribution in [0.1, 0.15) is 38.2 Å². The summed E-state index contributed by atoms with van der Waals surface area (Å²) in [4.78, 5) is 39.9. The molecular weight excluding hydrogens is 408 g/mol. The van der Waals surface area contributed by atoms with Gasteiger partial charge in [0.05, 0.1) is 16.5 Å². The number of benzene rings is 2. The first-order valence-corrected chi connectivity index (χ1v) is 10.6. The average molecular weight is 434 g/mol. The number of para-hydroxylation sites is 1. The fourth-order valence-corrected chi connectivity index (χ4v) is 3.68. The minimum atomic E-state index is -0.675. The van der Waals surface area contributed by atoms with Crippen molar-refractivity contribution in [3.8, 4) is 5.75 Å². The van der Waals surface area contributed by atoms with Crippen molar-refractivity contribution in [2.45, 2.75) is 27.7 Å². The third-order valence-electron chi connectivity index (χ3n) is 5.33. The maximum atomic E-state index is 13.1. The van der Waals surface area contributed by atoms with E-state index in [1.54, 1.807) is 47.4 Å². The molecule has 166 valence electrons. The number of nitrogens with zero attached hydrogens (tertiary/aromatic N) is 1. The molecule has 2 amide bonds. The van der Waals surface area contributed by atoms with Gasteiger partial charge in [0.15, 0.2) is 11.2 Å². The molecule has 7 nitrogen and oxygen atoms in total. The first kappa shape index (κ1) is 21.6. The molecule has 0 bridgehead atoms. The van der Waals surface area contributed by atoms with Gasteiger partial charge < -0.3 is 19.4 Å². The van der Waals surface area contributed by atoms with Gasteiger partial charge in [-0.15, -0.1) is 0 Å². The van der Waals surface area contributed by atoms with E-state index >= 15 is 0 Å². The molecule has 0 unspecified atom stereocenters. The number of fused-ring (bicyclic) bond motifs is 2. The lowest BCUT2D eigenvalue weighted by Crippen LogP contribution is -2.43. The quantitative estimate of drug-likeness (QED) is 0.655. The van der Waals surface area contributed by atoms with Crippen LogP contribution < -0.4 is 20.4 Å². The Morgan fingerprint density at radius 2 is 1.88 bits per heavy atom. The fraction of sp³-hybridized carbons (Fsp3) is 0.320. The van der Waals surface area contributed by atoms with Crippen LogP contribution in [0.25, 0.3) is 11.0 Å². The largest absolute Gasteiger partial charge is 0.490 e. The van der Waals surface area contributed by atoms with Gasteiger partial charge in [0.25, 0.3) is 5.91 Å². The van der Waals surface area contributed by atoms with Gasteiger partial charge in [-0.25, -0.2) is 0 Å². The zero-order chi connectivity index (χ0) is 23.0. The van der Waals surface area contributed by atoms with Crippen molar-refractivity contribution in [3.63, 3.8) is 0 Å². The van der Waals surface area contributed by atoms with Gasteiger partial charge in [0, 0.05) is 24.4 Å². The van der Waals surface area contributed by atoms with Gasteiger partial charge in [-0.3, -0.25) is 14.4 Å². The van der Waals surface area contributed by atoms with Crippen LogP contribution in [0.3, 0.4) is 0 Å². The van der Waals surface area contributed by atoms with Crippen LogP contribution >= 0.6 is 0 Å². The number of nitrogens with one attached hydrogen (secondary N) is 1. The van der Waals surface area contributed by atoms with E-state index in [0.717, 1.165) is 0 Å². The molecule has 1 N–H and O–H groups in total. The summed E-state index contributed by atoms with van der Waals surface area (Å²) in [7, 11) is 0. The van der Waals surface area contributed by atoms with Gasteiger partial charge in [-0.2, -0.15) is 0 Å². The second kappa shape index (κ2) is 8.15. The minimum Gasteiger partial charge on any atom is -0.490 e. The van der Waals surface area contributed by atoms with Gasteiger partial charge >= 0.3 is 0 Å². The van der Waals surface area contributed by atoms with Crippen molar-refractivity contribution in [3.05, 3.63) is 64.5 Å². The molecule has 0 saturated carbocycles. The molecule has 1 aliphatic heterocycles. The Morgan fingerprint density at radius 3 is 2.62 bits per heavy atom. The smallest absolute Gasteiger partial charge is 0.291 e. The van der Waals surface area contributed by atoms with Crippen molar-refractivity contribution in [2.24, 2.45) is 11.3 Å². The Balaban J connectivity index is 1.64. The Hall–Kier alpha value is -3.61. The summed E-state index contributed by atoms with van der Waals surface area (Å²) in [6.45, 7) is 8.62. The van der Waals surface area contributed by atoms with E-state index in [-0.39, 0.29) is 29.6 Å². The SMILES string of the molecule is CC(C)CN1C(=O)C(C)(C)COc2cc(NC(=O)c3cc(=O)c4ccccc4o3)ccc21. The van der Waals surface area contributed by atoms with Gasteiger partial charge in [0.2, 0.25) is 5.91 Å². The first-order valence-electron chi connectivity index (χ1n) is 10.6. The van der Waals surface area contributed by atoms with Gasteiger partial charge in [-0.05, 0) is 44.0 Å². The van der Waals surface area contributed by atoms with Crippen LogP contribution in [0, 0.1) is 11.3 Å². The van der Waals surface area contributed by atoms with E-state index in [1.807, 2.05) is 13.8 Å². The number of hydrogen-bond acceptors (Lipinski definition) is 5. The highest BCUT2D eigenvalue weighted by atomic mass is 16.5. The normalized spacial score (nSPS) is 15.3. The van der Waals surface area contributed by atoms with Crippen LogP contribution in [0.15, 0.2) is 57.7 Å². The van der Waals surface area contributed by atoms with Crippen molar-refractivity contribution < 1.29 is 18.7 Å². The molecule has 3 aromatic rings. The zero-order valence-corrected chi connectivity index (χ0v) is 18.6. The summed E-state index contributed by atoms with van der Waals surface area (Å²) < 4.78 is 11.6. The lowest BCUT2D eigenvalue weighted by atomic mass is 9.92. The number of ether oxygens (including phenoxy) is 1. The molecule has 0 fully saturated rings. The van der Waals surface area contributed by atoms with E-state index in [1.165, 1.54) is 6.07 Å². The third kappa shape index (κ3) is 4.10. The molecule has 1 aliphatic rings. The third-order valence-corrected chi connectivity index (χ3v) is 5.33. The standard InChI is InChI=1S/C25H26N2O5/c1-15(2)13-27-18-10-9-16(11-21(18)31-14-25(3,4)24(27)30)26-23(29)22-12-19(28)17-7-5-6-8-20(17)32-22/h5-12,15H,13-14H2,1-4H3,(H,26,29). The molecule has 0 spiro atoms. The predicted octanol–water partition coefficient (Wildman–Crippen LogP) is 4.45. The monoisotopic (exact) mass is 434 g/mol. The average Bonchev–Trinajstić information content (AvgIpc) is 2.83. The molecule has 0 saturated heterocycles. The topological polar surface area (TPSA) is 88.9 Å². The molecular formula is C25H26N2O5. The van der Waals surface area contributed by atoms with Crippen molar-refractivity contribution in [1.29, 1.82) is 0 Å². The van der Waals surface area contributed by atoms with Gasteiger partial charge in [-0.1, -0.05) is 26.0 Å². The number of carbonyl (C=O) groups excluding carboxylic acids is 2. The lowest BCUT2D eigenvalue weighted by Gasteiger charge is -2.29. The van der Waals surface area contributed by atoms with Crippen molar-refractivity contribution >= 4 is 34.2 Å². The number of rotatable bonds is 4. The maximum Gasteiger partial charge on any atom is 0.291 e. The molecule has 0 radical (unpaired) electrons. The number of carbonyl (C=O) groups is 2. The molecule has 0 aliphatic carbocycles. The molecule has 32 heavy (non-hydrogen) atoms. The molecule has 7 heteroatoms. The van der Waals surface area contributed by atoms with Crippen molar-refractivity contribution in [2.75, 3.05) is 23.4 Å². The Morgan fingerprint density at radius 1 is 1.12 bits per heavy atom. The highest BCUT2D eigenvalue weighted by Crippen LogP contribution is 2.38. The molecule has 2 heterocycles. The fourth-order valence-electron chi connectivity index (χ4n) is 3.68. The summed E-state index contributed by atoms with van der Waals surface area (Å²) in [5.41, 5.74) is 0.532. The summed E-state index contributed by atoms with van der Waals surface area (Å²) in [5, 5.41) is 3.17. The van der Waals surface area contributed by atoms with Gasteiger partial charge in [0.1, 0.15) is 17.9 Å². The number of amides is 2. The van der Waals surface area contributed by atoms with E-state index in [4.69, 9.17) is 9.15 Å². The van der Waals surface area contributed by atoms with E-state index < -0.39 is 11.3 Å². The first-order chi connectivity index (χ1) is 15.2. The highest BCUT2D eigenvalue weighted by molar-refractivity contribution is 6.04. The second-order valence-corrected chi connectivity index (χ2v) is 9.09. The summed E-state index contributed by atoms with van der Waals surface area (Å²) in [6, 6.07) is 13.1. The summed E-state index contributed by atoms with van der Waals surface area (Å²) in [6.07, 6.45) is 0. The summed E-state index contributed by atoms with van der Waals surface area (Å²) in [5.74, 6) is 0.164. The predicted molar refractivity (Wildman–Crippen MR) is 123 cm³/mol. The van der Waals surface area contributed by atoms with Crippen LogP contribution in [-0.4, -0.2) is 25.0 Å². The van der Waals surface area contributed by atoms with Crippen LogP contribution in [-0.2, 0) is 4.79 Å². The molecule has 1 aromatic heterocycles. The molecule has 2 aromatic carbocycles. The van der Waals surface area contributed by atoms with Crippen LogP contribution in [0.5, 0.6) is 5.75 Å². The van der Waals surface area contributed by atoms with Crippen LogP contribution in [0.4, 0.5) is 11.4 Å². The molecule has 4 rings (SSSR count). The second-order valence-electron chi connectivity index (χ2n) is 9.09. The highest BCUT2D eigenvalue weighted by Gasteiger charge is 2.38. The minimum absolute atomic E-state index is 0.000301. The summed E-state index contributed by atoms with van der Waals surface area (Å²) >= 11 is 0. The Labute approximate surface area is 186 Å². The van der Waals surface area contributed by atoms with E-state index in [2.05, 4.69) is 19.2 Å². The maximum absolute atomic E-state index is 13.1. The van der Waals surface area contributed by atoms with E-state index in [0.29, 0.717) is 34.6 Å². The lowest BCUT2D eigenvalue weighted by molar-refractivity contribution is -0.127. The Kier molecular flexibility index (Phi) is 5.50.